The molecular weight excluding hydrogens is 592 g/mol. The van der Waals surface area contributed by atoms with Gasteiger partial charge in [0, 0.05) is 18.5 Å². The van der Waals surface area contributed by atoms with Gasteiger partial charge in [0.25, 0.3) is 0 Å². The molecule has 1 fully saturated rings. The predicted molar refractivity (Wildman–Crippen MR) is 167 cm³/mol. The molecule has 4 atom stereocenters. The number of hydrogen-bond donors (Lipinski definition) is 3. The van der Waals surface area contributed by atoms with Crippen molar-refractivity contribution in [3.63, 3.8) is 0 Å². The first-order valence-electron chi connectivity index (χ1n) is 15.0. The molecule has 0 aliphatic carbocycles. The van der Waals surface area contributed by atoms with Crippen molar-refractivity contribution in [2.45, 2.75) is 37.4 Å². The summed E-state index contributed by atoms with van der Waals surface area (Å²) in [6.07, 6.45) is 0.350. The maximum Gasteiger partial charge on any atom is 0.247 e. The maximum absolute atomic E-state index is 14.3. The van der Waals surface area contributed by atoms with Gasteiger partial charge in [0.2, 0.25) is 11.8 Å². The van der Waals surface area contributed by atoms with Crippen molar-refractivity contribution >= 4 is 17.6 Å². The topological polar surface area (TPSA) is 108 Å². The third-order valence-electron chi connectivity index (χ3n) is 8.12. The summed E-state index contributed by atoms with van der Waals surface area (Å²) < 4.78 is 32.8. The molecule has 5 rings (SSSR count). The molecule has 0 aromatic heterocycles. The summed E-state index contributed by atoms with van der Waals surface area (Å²) in [5.74, 6) is -3.08. The highest BCUT2D eigenvalue weighted by Crippen LogP contribution is 2.32. The summed E-state index contributed by atoms with van der Waals surface area (Å²) in [7, 11) is 1.57. The summed E-state index contributed by atoms with van der Waals surface area (Å²) in [6.45, 7) is 0.182. The van der Waals surface area contributed by atoms with E-state index in [-0.39, 0.29) is 24.3 Å². The second-order valence-electron chi connectivity index (χ2n) is 11.3. The molecule has 10 heteroatoms. The number of nitrogens with one attached hydrogen (secondary N) is 2. The first-order valence-corrected chi connectivity index (χ1v) is 15.0. The summed E-state index contributed by atoms with van der Waals surface area (Å²) in [4.78, 5) is 41.5. The summed E-state index contributed by atoms with van der Waals surface area (Å²) in [6, 6.07) is 24.3. The predicted octanol–water partition coefficient (Wildman–Crippen LogP) is 5.12. The van der Waals surface area contributed by atoms with Crippen LogP contribution in [0.5, 0.6) is 5.75 Å². The number of nitrogens with zero attached hydrogens (tertiary/aromatic N) is 1. The van der Waals surface area contributed by atoms with Gasteiger partial charge in [-0.25, -0.2) is 8.78 Å². The zero-order chi connectivity index (χ0) is 32.6. The first-order chi connectivity index (χ1) is 22.2. The molecule has 0 bridgehead atoms. The van der Waals surface area contributed by atoms with E-state index in [1.807, 2.05) is 30.3 Å². The normalized spacial score (nSPS) is 19.1. The molecule has 3 N–H and O–H groups in total. The van der Waals surface area contributed by atoms with Crippen LogP contribution in [0.4, 0.5) is 8.78 Å². The largest absolute Gasteiger partial charge is 0.497 e. The zero-order valence-corrected chi connectivity index (χ0v) is 25.2. The fraction of sp³-hybridized carbons (Fsp3) is 0.250. The molecule has 1 heterocycles. The van der Waals surface area contributed by atoms with Crippen molar-refractivity contribution in [1.82, 2.24) is 15.7 Å². The van der Waals surface area contributed by atoms with Crippen LogP contribution < -0.4 is 15.4 Å². The van der Waals surface area contributed by atoms with Crippen molar-refractivity contribution in [3.8, 4) is 5.75 Å². The standard InChI is InChI=1S/C36H35F2N3O5/c1-46-30-14-12-23(13-15-30)18-27-16-17-41(45)34(26-10-6-3-7-11-26)33(35(27)43)40-36(44)32(25-8-4-2-5-9-25)39-31(42)21-24-19-28(37)22-29(38)20-24/h2-15,19-20,22,27,32-34,45H,16-18,21H2,1H3,(H,39,42)(H,40,44)/t27-,32+,33+,34-/m1/s1. The number of amides is 2. The molecule has 0 spiro atoms. The van der Waals surface area contributed by atoms with Crippen LogP contribution in [0.3, 0.4) is 0 Å². The Morgan fingerprint density at radius 3 is 2.17 bits per heavy atom. The molecule has 0 unspecified atom stereocenters. The maximum atomic E-state index is 14.3. The van der Waals surface area contributed by atoms with Crippen LogP contribution in [0, 0.1) is 17.6 Å². The Hall–Kier alpha value is -4.93. The molecular formula is C36H35F2N3O5. The van der Waals surface area contributed by atoms with Crippen LogP contribution in [-0.2, 0) is 27.2 Å². The monoisotopic (exact) mass is 627 g/mol. The smallest absolute Gasteiger partial charge is 0.247 e. The van der Waals surface area contributed by atoms with Gasteiger partial charge >= 0.3 is 0 Å². The van der Waals surface area contributed by atoms with Gasteiger partial charge in [-0.3, -0.25) is 14.4 Å². The van der Waals surface area contributed by atoms with Gasteiger partial charge in [-0.05, 0) is 59.4 Å². The van der Waals surface area contributed by atoms with Crippen molar-refractivity contribution in [2.24, 2.45) is 5.92 Å². The van der Waals surface area contributed by atoms with Crippen LogP contribution in [-0.4, -0.2) is 47.6 Å². The van der Waals surface area contributed by atoms with E-state index < -0.39 is 47.5 Å². The average molecular weight is 628 g/mol. The molecule has 2 amide bonds. The number of rotatable bonds is 10. The number of hydrogen-bond acceptors (Lipinski definition) is 6. The highest BCUT2D eigenvalue weighted by molar-refractivity contribution is 5.95. The second kappa shape index (κ2) is 14.9. The number of methoxy groups -OCH3 is 1. The van der Waals surface area contributed by atoms with E-state index >= 15 is 0 Å². The minimum absolute atomic E-state index is 0.0996. The fourth-order valence-corrected chi connectivity index (χ4v) is 5.86. The van der Waals surface area contributed by atoms with Gasteiger partial charge in [0.15, 0.2) is 5.78 Å². The fourth-order valence-electron chi connectivity index (χ4n) is 5.86. The van der Waals surface area contributed by atoms with Gasteiger partial charge in [0.1, 0.15) is 29.5 Å². The van der Waals surface area contributed by atoms with E-state index in [1.54, 1.807) is 61.7 Å². The summed E-state index contributed by atoms with van der Waals surface area (Å²) >= 11 is 0. The highest BCUT2D eigenvalue weighted by Gasteiger charge is 2.42. The number of halogens is 2. The SMILES string of the molecule is COc1ccc(C[C@H]2CCN(O)[C@H](c3ccccc3)[C@H](NC(=O)[C@@H](NC(=O)Cc3cc(F)cc(F)c3)c3ccccc3)C2=O)cc1. The first kappa shape index (κ1) is 32.5. The Kier molecular flexibility index (Phi) is 10.5. The van der Waals surface area contributed by atoms with E-state index in [0.29, 0.717) is 35.8 Å². The third-order valence-corrected chi connectivity index (χ3v) is 8.12. The second-order valence-corrected chi connectivity index (χ2v) is 11.3. The molecule has 0 radical (unpaired) electrons. The van der Waals surface area contributed by atoms with Gasteiger partial charge in [0.05, 0.1) is 19.6 Å². The molecule has 1 aliphatic rings. The minimum Gasteiger partial charge on any atom is -0.497 e. The number of Topliss-reactive ketones (excluding diaryl/α,β-unsaturated/α-hetero) is 1. The molecule has 46 heavy (non-hydrogen) atoms. The minimum atomic E-state index is -1.24. The van der Waals surface area contributed by atoms with Crippen LogP contribution in [0.2, 0.25) is 0 Å². The number of hydroxylamine groups is 2. The summed E-state index contributed by atoms with van der Waals surface area (Å²) in [5, 5.41) is 17.9. The number of ketones is 1. The van der Waals surface area contributed by atoms with Crippen LogP contribution in [0.25, 0.3) is 0 Å². The van der Waals surface area contributed by atoms with E-state index in [0.717, 1.165) is 22.8 Å². The third kappa shape index (κ3) is 8.01. The Morgan fingerprint density at radius 1 is 0.913 bits per heavy atom. The van der Waals surface area contributed by atoms with Crippen LogP contribution in [0.1, 0.15) is 40.8 Å². The van der Waals surface area contributed by atoms with E-state index in [2.05, 4.69) is 10.6 Å². The lowest BCUT2D eigenvalue weighted by Gasteiger charge is -2.32. The van der Waals surface area contributed by atoms with Crippen molar-refractivity contribution in [3.05, 3.63) is 137 Å². The quantitative estimate of drug-likeness (QED) is 0.225. The number of carbonyl (C=O) groups is 3. The molecule has 1 aliphatic heterocycles. The molecule has 238 valence electrons. The van der Waals surface area contributed by atoms with Gasteiger partial charge in [-0.1, -0.05) is 72.8 Å². The van der Waals surface area contributed by atoms with Crippen molar-refractivity contribution in [2.75, 3.05) is 13.7 Å². The Balaban J connectivity index is 1.44. The molecule has 4 aromatic carbocycles. The Bertz CT molecular complexity index is 1630. The number of ether oxygens (including phenoxy) is 1. The Morgan fingerprint density at radius 2 is 1.54 bits per heavy atom. The number of carbonyl (C=O) groups excluding carboxylic acids is 3. The van der Waals surface area contributed by atoms with E-state index in [4.69, 9.17) is 4.74 Å². The van der Waals surface area contributed by atoms with E-state index in [1.165, 1.54) is 0 Å². The van der Waals surface area contributed by atoms with Gasteiger partial charge < -0.3 is 20.6 Å². The lowest BCUT2D eigenvalue weighted by Crippen LogP contribution is -2.53. The van der Waals surface area contributed by atoms with Crippen LogP contribution >= 0.6 is 0 Å². The van der Waals surface area contributed by atoms with Crippen molar-refractivity contribution in [1.29, 1.82) is 0 Å². The molecule has 1 saturated heterocycles. The lowest BCUT2D eigenvalue weighted by atomic mass is 9.86. The summed E-state index contributed by atoms with van der Waals surface area (Å²) in [5.41, 5.74) is 2.06. The van der Waals surface area contributed by atoms with E-state index in [9.17, 15) is 28.4 Å². The van der Waals surface area contributed by atoms with Crippen LogP contribution in [0.15, 0.2) is 103 Å². The Labute approximate surface area is 266 Å². The average Bonchev–Trinajstić information content (AvgIpc) is 3.16. The molecule has 8 nitrogen and oxygen atoms in total. The molecule has 0 saturated carbocycles. The number of benzene rings is 4. The zero-order valence-electron chi connectivity index (χ0n) is 25.2. The lowest BCUT2D eigenvalue weighted by molar-refractivity contribution is -0.146. The van der Waals surface area contributed by atoms with Crippen molar-refractivity contribution < 1.29 is 33.1 Å². The van der Waals surface area contributed by atoms with Gasteiger partial charge in [-0.15, -0.1) is 0 Å². The highest BCUT2D eigenvalue weighted by atomic mass is 19.1. The molecule has 4 aromatic rings. The van der Waals surface area contributed by atoms with Gasteiger partial charge in [-0.2, -0.15) is 5.06 Å².